The van der Waals surface area contributed by atoms with Gasteiger partial charge in [0.25, 0.3) is 0 Å². The van der Waals surface area contributed by atoms with Gasteiger partial charge in [-0.3, -0.25) is 9.69 Å². The molecule has 0 unspecified atom stereocenters. The lowest BCUT2D eigenvalue weighted by Crippen LogP contribution is -2.30. The first kappa shape index (κ1) is 20.4. The maximum Gasteiger partial charge on any atom is 0.416 e. The highest BCUT2D eigenvalue weighted by molar-refractivity contribution is 6.01. The summed E-state index contributed by atoms with van der Waals surface area (Å²) < 4.78 is 42.4. The predicted molar refractivity (Wildman–Crippen MR) is 94.2 cm³/mol. The summed E-state index contributed by atoms with van der Waals surface area (Å²) in [7, 11) is 2.92. The summed E-state index contributed by atoms with van der Waals surface area (Å²) in [5.74, 6) is -0.926. The number of nitrogens with one attached hydrogen (secondary N) is 1. The van der Waals surface area contributed by atoms with E-state index in [1.54, 1.807) is 30.1 Å². The highest BCUT2D eigenvalue weighted by atomic mass is 19.4. The van der Waals surface area contributed by atoms with Gasteiger partial charge in [0.2, 0.25) is 5.91 Å². The number of para-hydroxylation sites is 1. The molecule has 1 N–H and O–H groups in total. The van der Waals surface area contributed by atoms with Gasteiger partial charge in [-0.25, -0.2) is 4.79 Å². The van der Waals surface area contributed by atoms with Gasteiger partial charge in [0.15, 0.2) is 0 Å². The van der Waals surface area contributed by atoms with Gasteiger partial charge in [-0.05, 0) is 36.9 Å². The van der Waals surface area contributed by atoms with E-state index in [4.69, 9.17) is 0 Å². The molecule has 144 valence electrons. The molecule has 2 aromatic carbocycles. The van der Waals surface area contributed by atoms with Crippen LogP contribution in [0.1, 0.15) is 21.5 Å². The Kier molecular flexibility index (Phi) is 6.57. The van der Waals surface area contributed by atoms with Crippen molar-refractivity contribution in [2.75, 3.05) is 26.0 Å². The van der Waals surface area contributed by atoms with Crippen molar-refractivity contribution in [2.45, 2.75) is 12.7 Å². The first-order valence-electron chi connectivity index (χ1n) is 8.02. The van der Waals surface area contributed by atoms with Crippen LogP contribution in [0.2, 0.25) is 0 Å². The summed E-state index contributed by atoms with van der Waals surface area (Å²) >= 11 is 0. The number of carbonyl (C=O) groups excluding carboxylic acids is 2. The van der Waals surface area contributed by atoms with Gasteiger partial charge < -0.3 is 10.1 Å². The summed E-state index contributed by atoms with van der Waals surface area (Å²) in [5, 5.41) is 2.64. The number of rotatable bonds is 6. The Labute approximate surface area is 154 Å². The molecule has 2 rings (SSSR count). The third-order valence-electron chi connectivity index (χ3n) is 3.75. The van der Waals surface area contributed by atoms with Crippen LogP contribution < -0.4 is 5.32 Å². The molecule has 0 spiro atoms. The molecule has 0 aliphatic rings. The zero-order valence-corrected chi connectivity index (χ0v) is 14.8. The Morgan fingerprint density at radius 1 is 1.07 bits per heavy atom. The molecule has 0 aliphatic carbocycles. The molecule has 0 fully saturated rings. The third-order valence-corrected chi connectivity index (χ3v) is 3.75. The number of hydrogen-bond acceptors (Lipinski definition) is 4. The van der Waals surface area contributed by atoms with Crippen LogP contribution in [0.4, 0.5) is 18.9 Å². The highest BCUT2D eigenvalue weighted by Crippen LogP contribution is 2.29. The van der Waals surface area contributed by atoms with Crippen LogP contribution in [0.25, 0.3) is 0 Å². The summed E-state index contributed by atoms with van der Waals surface area (Å²) in [6.07, 6.45) is -4.38. The second-order valence-corrected chi connectivity index (χ2v) is 5.95. The van der Waals surface area contributed by atoms with Crippen LogP contribution >= 0.6 is 0 Å². The summed E-state index contributed by atoms with van der Waals surface area (Å²) in [6, 6.07) is 11.2. The highest BCUT2D eigenvalue weighted by Gasteiger charge is 2.29. The quantitative estimate of drug-likeness (QED) is 0.779. The average Bonchev–Trinajstić information content (AvgIpc) is 2.61. The predicted octanol–water partition coefficient (Wildman–Crippen LogP) is 3.56. The van der Waals surface area contributed by atoms with Gasteiger partial charge >= 0.3 is 12.1 Å². The molecular weight excluding hydrogens is 361 g/mol. The molecule has 8 heteroatoms. The first-order valence-corrected chi connectivity index (χ1v) is 8.02. The maximum atomic E-state index is 12.6. The van der Waals surface area contributed by atoms with Crippen LogP contribution in [0.15, 0.2) is 48.5 Å². The van der Waals surface area contributed by atoms with E-state index in [0.29, 0.717) is 17.8 Å². The molecule has 0 saturated heterocycles. The second-order valence-electron chi connectivity index (χ2n) is 5.95. The first-order chi connectivity index (χ1) is 12.7. The van der Waals surface area contributed by atoms with Crippen molar-refractivity contribution in [1.29, 1.82) is 0 Å². The van der Waals surface area contributed by atoms with Crippen molar-refractivity contribution >= 4 is 17.6 Å². The van der Waals surface area contributed by atoms with Crippen molar-refractivity contribution in [3.05, 3.63) is 65.2 Å². The minimum absolute atomic E-state index is 0.00344. The van der Waals surface area contributed by atoms with E-state index in [2.05, 4.69) is 10.1 Å². The molecule has 0 aromatic heterocycles. The number of halogens is 3. The lowest BCUT2D eigenvalue weighted by molar-refractivity contribution is -0.137. The monoisotopic (exact) mass is 380 g/mol. The van der Waals surface area contributed by atoms with Crippen LogP contribution in [0, 0.1) is 0 Å². The Morgan fingerprint density at radius 3 is 2.30 bits per heavy atom. The lowest BCUT2D eigenvalue weighted by atomic mass is 10.1. The average molecular weight is 380 g/mol. The number of anilines is 1. The summed E-state index contributed by atoms with van der Waals surface area (Å²) in [5.41, 5.74) is 0.496. The molecule has 0 bridgehead atoms. The minimum atomic E-state index is -4.38. The fourth-order valence-electron chi connectivity index (χ4n) is 2.48. The van der Waals surface area contributed by atoms with E-state index in [-0.39, 0.29) is 18.0 Å². The third kappa shape index (κ3) is 5.82. The van der Waals surface area contributed by atoms with E-state index < -0.39 is 17.7 Å². The number of amides is 1. The van der Waals surface area contributed by atoms with Crippen LogP contribution in [0.3, 0.4) is 0 Å². The molecule has 0 radical (unpaired) electrons. The summed E-state index contributed by atoms with van der Waals surface area (Å²) in [6.45, 7) is 0.292. The number of nitrogens with zero attached hydrogens (tertiary/aromatic N) is 1. The number of carbonyl (C=O) groups is 2. The smallest absolute Gasteiger partial charge is 0.416 e. The van der Waals surface area contributed by atoms with Crippen molar-refractivity contribution in [3.63, 3.8) is 0 Å². The Hall–Kier alpha value is -2.87. The number of hydrogen-bond donors (Lipinski definition) is 1. The zero-order chi connectivity index (χ0) is 20.0. The number of ether oxygens (including phenoxy) is 1. The van der Waals surface area contributed by atoms with Gasteiger partial charge in [-0.2, -0.15) is 13.2 Å². The van der Waals surface area contributed by atoms with Crippen LogP contribution in [-0.2, 0) is 22.3 Å². The van der Waals surface area contributed by atoms with Crippen LogP contribution in [0.5, 0.6) is 0 Å². The van der Waals surface area contributed by atoms with Crippen LogP contribution in [-0.4, -0.2) is 37.5 Å². The van der Waals surface area contributed by atoms with Gasteiger partial charge in [-0.1, -0.05) is 24.3 Å². The summed E-state index contributed by atoms with van der Waals surface area (Å²) in [4.78, 5) is 25.6. The van der Waals surface area contributed by atoms with Crippen molar-refractivity contribution in [3.8, 4) is 0 Å². The number of likely N-dealkylation sites (N-methyl/N-ethyl adjacent to an activating group) is 1. The van der Waals surface area contributed by atoms with E-state index in [0.717, 1.165) is 12.1 Å². The minimum Gasteiger partial charge on any atom is -0.465 e. The molecule has 5 nitrogen and oxygen atoms in total. The van der Waals surface area contributed by atoms with E-state index >= 15 is 0 Å². The second kappa shape index (κ2) is 8.68. The number of benzene rings is 2. The van der Waals surface area contributed by atoms with E-state index in [9.17, 15) is 22.8 Å². The fourth-order valence-corrected chi connectivity index (χ4v) is 2.48. The maximum absolute atomic E-state index is 12.6. The number of methoxy groups -OCH3 is 1. The van der Waals surface area contributed by atoms with Crippen molar-refractivity contribution in [2.24, 2.45) is 0 Å². The van der Waals surface area contributed by atoms with Gasteiger partial charge in [-0.15, -0.1) is 0 Å². The normalized spacial score (nSPS) is 11.3. The van der Waals surface area contributed by atoms with Crippen molar-refractivity contribution < 1.29 is 27.5 Å². The van der Waals surface area contributed by atoms with Gasteiger partial charge in [0.1, 0.15) is 0 Å². The molecule has 27 heavy (non-hydrogen) atoms. The van der Waals surface area contributed by atoms with E-state index in [1.807, 2.05) is 0 Å². The molecule has 0 heterocycles. The van der Waals surface area contributed by atoms with Gasteiger partial charge in [0.05, 0.1) is 30.5 Å². The SMILES string of the molecule is COC(=O)c1ccccc1NC(=O)CN(C)Cc1ccc(C(F)(F)F)cc1. The van der Waals surface area contributed by atoms with E-state index in [1.165, 1.54) is 25.3 Å². The fraction of sp³-hybridized carbons (Fsp3) is 0.263. The largest absolute Gasteiger partial charge is 0.465 e. The molecule has 0 saturated carbocycles. The molecule has 0 aliphatic heterocycles. The Bertz CT molecular complexity index is 805. The topological polar surface area (TPSA) is 58.6 Å². The molecular formula is C19H19F3N2O3. The number of esters is 1. The van der Waals surface area contributed by atoms with Gasteiger partial charge in [0, 0.05) is 6.54 Å². The standard InChI is InChI=1S/C19H19F3N2O3/c1-24(11-13-7-9-14(10-8-13)19(20,21)22)12-17(25)23-16-6-4-3-5-15(16)18(26)27-2/h3-10H,11-12H2,1-2H3,(H,23,25). The molecule has 0 atom stereocenters. The Balaban J connectivity index is 1.95. The zero-order valence-electron chi connectivity index (χ0n) is 14.8. The molecule has 1 amide bonds. The Morgan fingerprint density at radius 2 is 1.70 bits per heavy atom. The van der Waals surface area contributed by atoms with Crippen molar-refractivity contribution in [1.82, 2.24) is 4.90 Å². The number of alkyl halides is 3. The molecule has 2 aromatic rings. The lowest BCUT2D eigenvalue weighted by Gasteiger charge is -2.17.